The summed E-state index contributed by atoms with van der Waals surface area (Å²) in [6.45, 7) is 0. The van der Waals surface area contributed by atoms with E-state index in [1.54, 1.807) is 36.4 Å². The van der Waals surface area contributed by atoms with E-state index in [1.807, 2.05) is 0 Å². The Morgan fingerprint density at radius 2 is 1.85 bits per heavy atom. The summed E-state index contributed by atoms with van der Waals surface area (Å²) < 4.78 is 1.10. The first-order valence-electron chi connectivity index (χ1n) is 7.54. The lowest BCUT2D eigenvalue weighted by Crippen LogP contribution is -2.25. The third-order valence-electron chi connectivity index (χ3n) is 3.93. The van der Waals surface area contributed by atoms with Crippen LogP contribution in [0.1, 0.15) is 10.4 Å². The maximum absolute atomic E-state index is 12.7. The Bertz CT molecular complexity index is 1240. The number of fused-ring (bicyclic) bond motifs is 2. The van der Waals surface area contributed by atoms with Crippen molar-refractivity contribution in [3.63, 3.8) is 0 Å². The summed E-state index contributed by atoms with van der Waals surface area (Å²) in [5.41, 5.74) is 0.856. The highest BCUT2D eigenvalue weighted by Crippen LogP contribution is 2.17. The fraction of sp³-hybridized carbons (Fsp3) is 0. The number of pyridine rings is 1. The molecule has 0 saturated carbocycles. The van der Waals surface area contributed by atoms with Crippen LogP contribution in [0.3, 0.4) is 0 Å². The molecule has 0 spiro atoms. The summed E-state index contributed by atoms with van der Waals surface area (Å²) in [4.78, 5) is 36.3. The SMILES string of the molecule is O=C(O)c1cn(C(=O)Nc2ccc3n[nH]nc3c2)c2ccccc2c1=O. The molecule has 4 aromatic rings. The second kappa shape index (κ2) is 5.81. The maximum atomic E-state index is 12.7. The summed E-state index contributed by atoms with van der Waals surface area (Å²) >= 11 is 0. The molecule has 2 aromatic carbocycles. The van der Waals surface area contributed by atoms with E-state index in [9.17, 15) is 19.5 Å². The third kappa shape index (κ3) is 2.47. The third-order valence-corrected chi connectivity index (χ3v) is 3.93. The number of aromatic nitrogens is 4. The maximum Gasteiger partial charge on any atom is 0.341 e. The van der Waals surface area contributed by atoms with Crippen molar-refractivity contribution in [2.24, 2.45) is 0 Å². The molecular formula is C17H11N5O4. The monoisotopic (exact) mass is 349 g/mol. The van der Waals surface area contributed by atoms with Crippen LogP contribution in [0.4, 0.5) is 10.5 Å². The van der Waals surface area contributed by atoms with Gasteiger partial charge in [0.15, 0.2) is 0 Å². The first kappa shape index (κ1) is 15.5. The predicted molar refractivity (Wildman–Crippen MR) is 93.5 cm³/mol. The van der Waals surface area contributed by atoms with Gasteiger partial charge < -0.3 is 10.4 Å². The van der Waals surface area contributed by atoms with Gasteiger partial charge in [0.1, 0.15) is 16.6 Å². The van der Waals surface area contributed by atoms with E-state index in [0.717, 1.165) is 10.8 Å². The number of anilines is 1. The molecule has 0 aliphatic carbocycles. The minimum Gasteiger partial charge on any atom is -0.477 e. The zero-order valence-electron chi connectivity index (χ0n) is 13.1. The predicted octanol–water partition coefficient (Wildman–Crippen LogP) is 2.05. The molecule has 0 bridgehead atoms. The topological polar surface area (TPSA) is 130 Å². The molecule has 9 heteroatoms. The highest BCUT2D eigenvalue weighted by molar-refractivity contribution is 6.01. The second-order valence-electron chi connectivity index (χ2n) is 5.52. The Balaban J connectivity index is 1.82. The number of para-hydroxylation sites is 1. The van der Waals surface area contributed by atoms with Crippen LogP contribution in [0.25, 0.3) is 21.9 Å². The number of aromatic carboxylic acids is 1. The Morgan fingerprint density at radius 3 is 2.65 bits per heavy atom. The van der Waals surface area contributed by atoms with Crippen LogP contribution < -0.4 is 10.7 Å². The van der Waals surface area contributed by atoms with Crippen LogP contribution in [-0.2, 0) is 0 Å². The van der Waals surface area contributed by atoms with Crippen molar-refractivity contribution in [1.29, 1.82) is 0 Å². The molecule has 0 aliphatic heterocycles. The van der Waals surface area contributed by atoms with Crippen LogP contribution in [0, 0.1) is 0 Å². The van der Waals surface area contributed by atoms with Gasteiger partial charge in [0.2, 0.25) is 5.43 Å². The zero-order valence-corrected chi connectivity index (χ0v) is 13.1. The largest absolute Gasteiger partial charge is 0.477 e. The van der Waals surface area contributed by atoms with E-state index in [2.05, 4.69) is 20.7 Å². The highest BCUT2D eigenvalue weighted by atomic mass is 16.4. The lowest BCUT2D eigenvalue weighted by atomic mass is 10.1. The fourth-order valence-electron chi connectivity index (χ4n) is 2.70. The van der Waals surface area contributed by atoms with E-state index < -0.39 is 23.0 Å². The first-order chi connectivity index (χ1) is 12.5. The summed E-state index contributed by atoms with van der Waals surface area (Å²) in [6.07, 6.45) is 1.02. The molecule has 26 heavy (non-hydrogen) atoms. The standard InChI is InChI=1S/C17H11N5O4/c23-15-10-3-1-2-4-14(10)22(8-11(15)16(24)25)17(26)18-9-5-6-12-13(7-9)20-21-19-12/h1-8H,(H,18,26)(H,24,25)(H,19,20,21). The second-order valence-corrected chi connectivity index (χ2v) is 5.52. The average Bonchev–Trinajstić information content (AvgIpc) is 3.09. The molecule has 0 atom stereocenters. The highest BCUT2D eigenvalue weighted by Gasteiger charge is 2.17. The van der Waals surface area contributed by atoms with Crippen molar-refractivity contribution >= 4 is 39.6 Å². The molecule has 0 unspecified atom stereocenters. The summed E-state index contributed by atoms with van der Waals surface area (Å²) in [6, 6.07) is 10.7. The number of carbonyl (C=O) groups is 2. The van der Waals surface area contributed by atoms with Crippen molar-refractivity contribution in [2.75, 3.05) is 5.32 Å². The molecule has 128 valence electrons. The van der Waals surface area contributed by atoms with Crippen molar-refractivity contribution in [3.8, 4) is 0 Å². The molecule has 0 saturated heterocycles. The number of carboxylic acids is 1. The van der Waals surface area contributed by atoms with Gasteiger partial charge in [0, 0.05) is 17.3 Å². The molecule has 4 rings (SSSR count). The van der Waals surface area contributed by atoms with Gasteiger partial charge in [-0.2, -0.15) is 15.4 Å². The Labute approximate surface area is 144 Å². The van der Waals surface area contributed by atoms with E-state index in [-0.39, 0.29) is 5.39 Å². The lowest BCUT2D eigenvalue weighted by Gasteiger charge is -2.12. The van der Waals surface area contributed by atoms with Crippen molar-refractivity contribution in [1.82, 2.24) is 20.0 Å². The number of carboxylic acid groups (broad SMARTS) is 1. The van der Waals surface area contributed by atoms with Crippen LogP contribution in [-0.4, -0.2) is 37.1 Å². The number of nitrogens with one attached hydrogen (secondary N) is 2. The van der Waals surface area contributed by atoms with E-state index in [0.29, 0.717) is 22.2 Å². The van der Waals surface area contributed by atoms with Crippen LogP contribution in [0.5, 0.6) is 0 Å². The van der Waals surface area contributed by atoms with Gasteiger partial charge in [0.05, 0.1) is 5.52 Å². The number of rotatable bonds is 2. The number of hydrogen-bond donors (Lipinski definition) is 3. The molecule has 2 aromatic heterocycles. The minimum atomic E-state index is -1.40. The summed E-state index contributed by atoms with van der Waals surface area (Å²) in [7, 11) is 0. The summed E-state index contributed by atoms with van der Waals surface area (Å²) in [5, 5.41) is 22.4. The van der Waals surface area contributed by atoms with Gasteiger partial charge in [-0.15, -0.1) is 0 Å². The van der Waals surface area contributed by atoms with Crippen LogP contribution in [0.2, 0.25) is 0 Å². The number of nitrogens with zero attached hydrogens (tertiary/aromatic N) is 3. The van der Waals surface area contributed by atoms with E-state index in [1.165, 1.54) is 6.07 Å². The van der Waals surface area contributed by atoms with Gasteiger partial charge in [-0.25, -0.2) is 9.59 Å². The molecule has 2 heterocycles. The number of hydrogen-bond acceptors (Lipinski definition) is 5. The molecule has 1 amide bonds. The van der Waals surface area contributed by atoms with Gasteiger partial charge >= 0.3 is 12.0 Å². The number of aromatic amines is 1. The lowest BCUT2D eigenvalue weighted by molar-refractivity contribution is 0.0695. The van der Waals surface area contributed by atoms with E-state index >= 15 is 0 Å². The van der Waals surface area contributed by atoms with Gasteiger partial charge in [-0.1, -0.05) is 12.1 Å². The van der Waals surface area contributed by atoms with Crippen molar-refractivity contribution < 1.29 is 14.7 Å². The molecular weight excluding hydrogens is 338 g/mol. The van der Waals surface area contributed by atoms with Gasteiger partial charge in [-0.3, -0.25) is 9.36 Å². The van der Waals surface area contributed by atoms with Crippen LogP contribution >= 0.6 is 0 Å². The smallest absolute Gasteiger partial charge is 0.341 e. The Hall–Kier alpha value is -4.01. The average molecular weight is 349 g/mol. The number of benzene rings is 2. The molecule has 3 N–H and O–H groups in total. The van der Waals surface area contributed by atoms with Crippen molar-refractivity contribution in [2.45, 2.75) is 0 Å². The molecule has 0 aliphatic rings. The number of carbonyl (C=O) groups excluding carboxylic acids is 1. The zero-order chi connectivity index (χ0) is 18.3. The molecule has 9 nitrogen and oxygen atoms in total. The number of H-pyrrole nitrogens is 1. The molecule has 0 fully saturated rings. The molecule has 0 radical (unpaired) electrons. The normalized spacial score (nSPS) is 10.9. The van der Waals surface area contributed by atoms with Gasteiger partial charge in [-0.05, 0) is 30.3 Å². The van der Waals surface area contributed by atoms with Crippen molar-refractivity contribution in [3.05, 3.63) is 64.4 Å². The first-order valence-corrected chi connectivity index (χ1v) is 7.54. The Morgan fingerprint density at radius 1 is 1.08 bits per heavy atom. The fourth-order valence-corrected chi connectivity index (χ4v) is 2.70. The van der Waals surface area contributed by atoms with Crippen LogP contribution in [0.15, 0.2) is 53.5 Å². The number of amides is 1. The Kier molecular flexibility index (Phi) is 3.47. The summed E-state index contributed by atoms with van der Waals surface area (Å²) in [5.74, 6) is -1.40. The van der Waals surface area contributed by atoms with Gasteiger partial charge in [0.25, 0.3) is 0 Å². The van der Waals surface area contributed by atoms with E-state index in [4.69, 9.17) is 0 Å². The minimum absolute atomic E-state index is 0.148. The quantitative estimate of drug-likeness (QED) is 0.508.